The van der Waals surface area contributed by atoms with Gasteiger partial charge in [-0.25, -0.2) is 4.79 Å². The highest BCUT2D eigenvalue weighted by atomic mass is 32.2. The van der Waals surface area contributed by atoms with Crippen LogP contribution < -0.4 is 10.7 Å². The number of azo groups is 3. The number of carboxylic acids is 1. The molecule has 66 heavy (non-hydrogen) atoms. The lowest BCUT2D eigenvalue weighted by Crippen LogP contribution is -2.33. The molecule has 0 aromatic heterocycles. The number of phenolic OH excluding ortho intramolecular Hbond substituents is 2. The second-order valence-electron chi connectivity index (χ2n) is 12.9. The third-order valence-corrected chi connectivity index (χ3v) is 13.0. The number of anilines is 2. The molecule has 0 bridgehead atoms. The number of nitrogen functional groups attached to an aromatic ring is 1. The fourth-order valence-corrected chi connectivity index (χ4v) is 8.80. The monoisotopic (exact) mass is 1010 g/mol. The van der Waals surface area contributed by atoms with Crippen molar-refractivity contribution in [3.05, 3.63) is 72.8 Å². The number of rotatable bonds is 13. The highest BCUT2D eigenvalue weighted by Gasteiger charge is 2.41. The zero-order chi connectivity index (χ0) is 49.1. The summed E-state index contributed by atoms with van der Waals surface area (Å²) in [7, 11) is -26.2. The van der Waals surface area contributed by atoms with E-state index in [4.69, 9.17) is 5.73 Å². The summed E-state index contributed by atoms with van der Waals surface area (Å²) in [6.07, 6.45) is 0. The van der Waals surface area contributed by atoms with Gasteiger partial charge < -0.3 is 21.1 Å². The third kappa shape index (κ3) is 9.85. The maximum absolute atomic E-state index is 13.2. The summed E-state index contributed by atoms with van der Waals surface area (Å²) in [5.41, 5.74) is -0.450. The summed E-state index contributed by atoms with van der Waals surface area (Å²) in [5.74, 6) is -5.85. The van der Waals surface area contributed by atoms with Gasteiger partial charge in [0.1, 0.15) is 42.3 Å². The molecule has 6 rings (SSSR count). The lowest BCUT2D eigenvalue weighted by Gasteiger charge is -2.13. The van der Waals surface area contributed by atoms with E-state index in [1.165, 1.54) is 0 Å². The smallest absolute Gasteiger partial charge is 0.355 e. The largest absolute Gasteiger partial charge is 0.505 e. The molecule has 1 unspecified atom stereocenters. The Balaban J connectivity index is 1.43. The van der Waals surface area contributed by atoms with Crippen molar-refractivity contribution >= 4 is 119 Å². The summed E-state index contributed by atoms with van der Waals surface area (Å²) >= 11 is 0. The highest BCUT2D eigenvalue weighted by Crippen LogP contribution is 2.50. The molecule has 1 heterocycles. The summed E-state index contributed by atoms with van der Waals surface area (Å²) < 4.78 is 170. The number of nitrogens with two attached hydrogens (primary N) is 1. The number of hydrogen-bond acceptors (Lipinski definition) is 22. The van der Waals surface area contributed by atoms with Gasteiger partial charge in [0.25, 0.3) is 56.5 Å². The Morgan fingerprint density at radius 2 is 1.06 bits per heavy atom. The van der Waals surface area contributed by atoms with Gasteiger partial charge in [0.2, 0.25) is 6.04 Å². The molecule has 1 aliphatic rings. The Hall–Kier alpha value is -7.28. The van der Waals surface area contributed by atoms with Gasteiger partial charge in [-0.1, -0.05) is 0 Å². The molecule has 0 saturated carbocycles. The fraction of sp³-hybridized carbons (Fsp3) is 0.0312. The van der Waals surface area contributed by atoms with Crippen LogP contribution in [0.3, 0.4) is 0 Å². The van der Waals surface area contributed by atoms with Gasteiger partial charge >= 0.3 is 5.97 Å². The van der Waals surface area contributed by atoms with Crippen LogP contribution in [0.4, 0.5) is 39.8 Å². The first-order valence-electron chi connectivity index (χ1n) is 16.8. The number of nitrogens with zero attached hydrogens (tertiary/aromatic N) is 8. The molecular formula is C32H23N9O20S5. The van der Waals surface area contributed by atoms with Gasteiger partial charge in [-0.05, 0) is 78.2 Å². The molecule has 1 amide bonds. The first kappa shape index (κ1) is 48.2. The van der Waals surface area contributed by atoms with Crippen molar-refractivity contribution in [3.63, 3.8) is 0 Å². The first-order valence-corrected chi connectivity index (χ1v) is 24.0. The van der Waals surface area contributed by atoms with Gasteiger partial charge in [-0.3, -0.25) is 27.6 Å². The molecule has 1 aliphatic heterocycles. The van der Waals surface area contributed by atoms with Crippen LogP contribution in [0.5, 0.6) is 11.5 Å². The number of hydrogen-bond donors (Lipinski definition) is 9. The first-order chi connectivity index (χ1) is 30.4. The molecule has 34 heteroatoms. The normalized spacial score (nSPS) is 15.4. The van der Waals surface area contributed by atoms with E-state index in [1.54, 1.807) is 0 Å². The maximum atomic E-state index is 13.2. The topological polar surface area (TPSA) is 482 Å². The Labute approximate surface area is 368 Å². The fourth-order valence-electron chi connectivity index (χ4n) is 5.71. The molecule has 29 nitrogen and oxygen atoms in total. The highest BCUT2D eigenvalue weighted by molar-refractivity contribution is 7.87. The number of phenols is 2. The van der Waals surface area contributed by atoms with Crippen LogP contribution in [-0.4, -0.2) is 104 Å². The van der Waals surface area contributed by atoms with Gasteiger partial charge in [0.15, 0.2) is 17.2 Å². The van der Waals surface area contributed by atoms with Gasteiger partial charge in [-0.15, -0.1) is 20.5 Å². The standard InChI is InChI=1S/C32H23N9O20S5/c33-14-1-7-18(20(11-14)63(50,51)52)35-37-25-22(65(56,57)58)9-13-10-23(66(59,60)61)26(30(43)24(13)29(25)42)38-36-19-8-2-15(12-21(19)64(53,54)55)34-39-27-28(32(45)46)40-41(31(27)44)16-3-5-17(6-4-16)62(47,48)49/h1-12,27,42-43H,33H2,(H,45,46)(H,47,48,49)(H,50,51,52)(H,53,54,55)(H,56,57,58)(H,59,60,61). The zero-order valence-corrected chi connectivity index (χ0v) is 35.8. The predicted molar refractivity (Wildman–Crippen MR) is 219 cm³/mol. The van der Waals surface area contributed by atoms with Crippen LogP contribution in [0.15, 0.2) is 133 Å². The summed E-state index contributed by atoms with van der Waals surface area (Å²) in [4.78, 5) is 19.6. The maximum Gasteiger partial charge on any atom is 0.355 e. The minimum Gasteiger partial charge on any atom is -0.505 e. The quantitative estimate of drug-likeness (QED) is 0.0459. The van der Waals surface area contributed by atoms with Crippen molar-refractivity contribution in [2.45, 2.75) is 30.5 Å². The Kier molecular flexibility index (Phi) is 12.4. The molecular weight excluding hydrogens is 991 g/mol. The molecule has 5 aromatic rings. The van der Waals surface area contributed by atoms with Crippen molar-refractivity contribution < 1.29 is 89.8 Å². The number of carbonyl (C=O) groups is 2. The van der Waals surface area contributed by atoms with E-state index in [9.17, 15) is 89.8 Å². The van der Waals surface area contributed by atoms with Crippen LogP contribution in [0.1, 0.15) is 0 Å². The van der Waals surface area contributed by atoms with Crippen LogP contribution >= 0.6 is 0 Å². The predicted octanol–water partition coefficient (Wildman–Crippen LogP) is 3.84. The Morgan fingerprint density at radius 3 is 1.52 bits per heavy atom. The second kappa shape index (κ2) is 16.9. The lowest BCUT2D eigenvalue weighted by atomic mass is 10.1. The van der Waals surface area contributed by atoms with E-state index < -0.39 is 149 Å². The SMILES string of the molecule is Nc1ccc(N=Nc2c(S(=O)(=O)O)cc3cc(S(=O)(=O)O)c(N=Nc4ccc(N=NC5C(=O)N(c6ccc(S(=O)(=O)O)cc6)N=C5C(=O)O)cc4S(=O)(=O)O)c(O)c3c2O)c(S(=O)(=O)O)c1. The number of amides is 1. The van der Waals surface area contributed by atoms with Crippen LogP contribution in [-0.2, 0) is 60.2 Å². The average Bonchev–Trinajstić information content (AvgIpc) is 3.53. The van der Waals surface area contributed by atoms with Crippen molar-refractivity contribution in [1.29, 1.82) is 0 Å². The molecule has 5 aromatic carbocycles. The Bertz CT molecular complexity index is 3660. The Morgan fingerprint density at radius 1 is 0.591 bits per heavy atom. The molecule has 1 atom stereocenters. The van der Waals surface area contributed by atoms with E-state index in [2.05, 4.69) is 35.8 Å². The number of aliphatic carboxylic acids is 1. The number of carbonyl (C=O) groups excluding carboxylic acids is 1. The molecule has 0 saturated heterocycles. The molecule has 346 valence electrons. The number of benzene rings is 5. The van der Waals surface area contributed by atoms with Gasteiger partial charge in [-0.2, -0.15) is 62.4 Å². The minimum absolute atomic E-state index is 0.183. The van der Waals surface area contributed by atoms with Crippen molar-refractivity contribution in [2.75, 3.05) is 10.7 Å². The summed E-state index contributed by atoms with van der Waals surface area (Å²) in [5, 5.41) is 55.8. The van der Waals surface area contributed by atoms with E-state index >= 15 is 0 Å². The van der Waals surface area contributed by atoms with Gasteiger partial charge in [0, 0.05) is 5.69 Å². The number of aromatic hydroxyl groups is 2. The van der Waals surface area contributed by atoms with Crippen molar-refractivity contribution in [2.24, 2.45) is 35.8 Å². The van der Waals surface area contributed by atoms with Crippen LogP contribution in [0.25, 0.3) is 10.8 Å². The summed E-state index contributed by atoms with van der Waals surface area (Å²) in [6, 6.07) is 7.35. The van der Waals surface area contributed by atoms with Crippen molar-refractivity contribution in [3.8, 4) is 11.5 Å². The lowest BCUT2D eigenvalue weighted by molar-refractivity contribution is -0.130. The second-order valence-corrected chi connectivity index (χ2v) is 19.9. The molecule has 10 N–H and O–H groups in total. The van der Waals surface area contributed by atoms with Crippen molar-refractivity contribution in [1.82, 2.24) is 0 Å². The van der Waals surface area contributed by atoms with Crippen LogP contribution in [0, 0.1) is 0 Å². The van der Waals surface area contributed by atoms with E-state index in [-0.39, 0.29) is 11.4 Å². The molecule has 0 radical (unpaired) electrons. The van der Waals surface area contributed by atoms with Gasteiger partial charge in [0.05, 0.1) is 21.7 Å². The summed E-state index contributed by atoms with van der Waals surface area (Å²) in [6.45, 7) is 0. The van der Waals surface area contributed by atoms with E-state index in [0.29, 0.717) is 23.2 Å². The third-order valence-electron chi connectivity index (χ3n) is 8.60. The molecule has 0 spiro atoms. The van der Waals surface area contributed by atoms with E-state index in [0.717, 1.165) is 54.6 Å². The number of carboxylic acid groups (broad SMARTS) is 1. The van der Waals surface area contributed by atoms with E-state index in [1.807, 2.05) is 0 Å². The van der Waals surface area contributed by atoms with Crippen LogP contribution in [0.2, 0.25) is 0 Å². The number of fused-ring (bicyclic) bond motifs is 1. The molecule has 0 aliphatic carbocycles. The number of hydrazone groups is 1. The average molecular weight is 1010 g/mol. The zero-order valence-electron chi connectivity index (χ0n) is 31.7. The minimum atomic E-state index is -5.55. The molecule has 0 fully saturated rings.